The Morgan fingerprint density at radius 1 is 1.16 bits per heavy atom. The Bertz CT molecular complexity index is 834. The van der Waals surface area contributed by atoms with Gasteiger partial charge in [0.25, 0.3) is 0 Å². The number of piperidine rings is 1. The number of nitrogens with zero attached hydrogens (tertiary/aromatic N) is 1. The van der Waals surface area contributed by atoms with Crippen LogP contribution in [0.15, 0.2) is 30.9 Å². The number of halogens is 3. The average molecular weight is 451 g/mol. The number of hydrogen-bond acceptors (Lipinski definition) is 2. The average Bonchev–Trinajstić information content (AvgIpc) is 3.13. The summed E-state index contributed by atoms with van der Waals surface area (Å²) in [6.45, 7) is 13.7. The number of carbonyl (C=O) groups excluding carboxylic acids is 1. The summed E-state index contributed by atoms with van der Waals surface area (Å²) < 4.78 is 39.2. The van der Waals surface area contributed by atoms with Gasteiger partial charge in [0.2, 0.25) is 5.91 Å². The number of alkyl halides is 3. The smallest absolute Gasteiger partial charge is 0.351 e. The molecule has 3 nitrogen and oxygen atoms in total. The van der Waals surface area contributed by atoms with Crippen LogP contribution < -0.4 is 5.32 Å². The first-order chi connectivity index (χ1) is 14.8. The van der Waals surface area contributed by atoms with Crippen LogP contribution in [0.4, 0.5) is 13.2 Å². The summed E-state index contributed by atoms with van der Waals surface area (Å²) >= 11 is 0. The van der Waals surface area contributed by atoms with Crippen LogP contribution in [0.25, 0.3) is 0 Å². The first-order valence-corrected chi connectivity index (χ1v) is 11.7. The van der Waals surface area contributed by atoms with Gasteiger partial charge in [0, 0.05) is 17.0 Å². The molecule has 1 amide bonds. The summed E-state index contributed by atoms with van der Waals surface area (Å²) in [7, 11) is 0. The third kappa shape index (κ3) is 5.38. The number of fused-ring (bicyclic) bond motifs is 1. The molecule has 1 aliphatic carbocycles. The van der Waals surface area contributed by atoms with Crippen LogP contribution in [0.1, 0.15) is 82.5 Å². The molecule has 32 heavy (non-hydrogen) atoms. The van der Waals surface area contributed by atoms with Gasteiger partial charge in [-0.25, -0.2) is 0 Å². The lowest BCUT2D eigenvalue weighted by Crippen LogP contribution is -2.52. The highest BCUT2D eigenvalue weighted by molar-refractivity contribution is 5.83. The fraction of sp³-hybridized carbons (Fsp3) is 0.654. The largest absolute Gasteiger partial charge is 0.416 e. The number of benzene rings is 1. The van der Waals surface area contributed by atoms with Crippen LogP contribution in [0.3, 0.4) is 0 Å². The zero-order valence-corrected chi connectivity index (χ0v) is 19.8. The van der Waals surface area contributed by atoms with Crippen molar-refractivity contribution < 1.29 is 18.0 Å². The molecule has 3 rings (SSSR count). The van der Waals surface area contributed by atoms with Crippen molar-refractivity contribution in [2.45, 2.75) is 84.0 Å². The van der Waals surface area contributed by atoms with Crippen molar-refractivity contribution in [1.82, 2.24) is 10.2 Å². The lowest BCUT2D eigenvalue weighted by molar-refractivity contribution is -0.138. The Labute approximate surface area is 190 Å². The second kappa shape index (κ2) is 9.20. The van der Waals surface area contributed by atoms with Gasteiger partial charge in [-0.05, 0) is 102 Å². The van der Waals surface area contributed by atoms with Crippen LogP contribution in [0.2, 0.25) is 0 Å². The standard InChI is InChI=1S/C26H37F3N2O/c1-6-7-14-25(5,23(32)30-24(2,3)4)19-12-15-31(16-13-19)22-11-8-18-17-20(26(27,28)29)9-10-21(18)22/h6,9-10,17,19,22H,1,7-8,11-16H2,2-5H3,(H,30,32). The van der Waals surface area contributed by atoms with Gasteiger partial charge in [-0.2, -0.15) is 13.2 Å². The van der Waals surface area contributed by atoms with E-state index in [1.165, 1.54) is 12.1 Å². The molecule has 1 aliphatic heterocycles. The van der Waals surface area contributed by atoms with Crippen LogP contribution >= 0.6 is 0 Å². The van der Waals surface area contributed by atoms with E-state index < -0.39 is 17.2 Å². The molecule has 1 N–H and O–H groups in total. The summed E-state index contributed by atoms with van der Waals surface area (Å²) in [6.07, 6.45) is 2.53. The number of nitrogens with one attached hydrogen (secondary N) is 1. The van der Waals surface area contributed by atoms with Crippen molar-refractivity contribution in [3.05, 3.63) is 47.5 Å². The van der Waals surface area contributed by atoms with E-state index in [1.54, 1.807) is 6.07 Å². The topological polar surface area (TPSA) is 32.3 Å². The van der Waals surface area contributed by atoms with E-state index in [0.717, 1.165) is 56.3 Å². The first-order valence-electron chi connectivity index (χ1n) is 11.7. The molecule has 0 saturated carbocycles. The molecule has 0 aromatic heterocycles. The number of likely N-dealkylation sites (tertiary alicyclic amines) is 1. The molecule has 1 aromatic rings. The second-order valence-electron chi connectivity index (χ2n) is 10.7. The maximum absolute atomic E-state index is 13.2. The maximum atomic E-state index is 13.2. The summed E-state index contributed by atoms with van der Waals surface area (Å²) in [6, 6.07) is 4.39. The summed E-state index contributed by atoms with van der Waals surface area (Å²) in [4.78, 5) is 15.7. The highest BCUT2D eigenvalue weighted by atomic mass is 19.4. The van der Waals surface area contributed by atoms with Crippen molar-refractivity contribution in [3.8, 4) is 0 Å². The Morgan fingerprint density at radius 2 is 1.81 bits per heavy atom. The number of rotatable bonds is 6. The number of carbonyl (C=O) groups is 1. The van der Waals surface area contributed by atoms with E-state index in [2.05, 4.69) is 23.7 Å². The van der Waals surface area contributed by atoms with Crippen LogP contribution in [0.5, 0.6) is 0 Å². The summed E-state index contributed by atoms with van der Waals surface area (Å²) in [5.74, 6) is 0.380. The van der Waals surface area contributed by atoms with Crippen molar-refractivity contribution in [2.24, 2.45) is 11.3 Å². The van der Waals surface area contributed by atoms with Gasteiger partial charge in [0.05, 0.1) is 5.56 Å². The molecular formula is C26H37F3N2O. The summed E-state index contributed by atoms with van der Waals surface area (Å²) in [5.41, 5.74) is 0.570. The minimum Gasteiger partial charge on any atom is -0.351 e. The van der Waals surface area contributed by atoms with Gasteiger partial charge in [0.15, 0.2) is 0 Å². The van der Waals surface area contributed by atoms with Gasteiger partial charge in [0.1, 0.15) is 0 Å². The predicted octanol–water partition coefficient (Wildman–Crippen LogP) is 6.29. The molecule has 2 unspecified atom stereocenters. The molecule has 2 atom stereocenters. The molecule has 1 heterocycles. The van der Waals surface area contributed by atoms with E-state index >= 15 is 0 Å². The molecular weight excluding hydrogens is 413 g/mol. The van der Waals surface area contributed by atoms with Crippen LogP contribution in [-0.4, -0.2) is 29.4 Å². The first kappa shape index (κ1) is 24.8. The van der Waals surface area contributed by atoms with Crippen LogP contribution in [-0.2, 0) is 17.4 Å². The van der Waals surface area contributed by atoms with Crippen molar-refractivity contribution in [1.29, 1.82) is 0 Å². The summed E-state index contributed by atoms with van der Waals surface area (Å²) in [5, 5.41) is 3.18. The Hall–Kier alpha value is -1.82. The van der Waals surface area contributed by atoms with E-state index in [-0.39, 0.29) is 23.4 Å². The molecule has 1 fully saturated rings. The third-order valence-electron chi connectivity index (χ3n) is 7.26. The fourth-order valence-electron chi connectivity index (χ4n) is 5.39. The Balaban J connectivity index is 1.70. The van der Waals surface area contributed by atoms with E-state index in [1.807, 2.05) is 26.8 Å². The molecule has 1 aromatic carbocycles. The monoisotopic (exact) mass is 450 g/mol. The van der Waals surface area contributed by atoms with Crippen molar-refractivity contribution >= 4 is 5.91 Å². The third-order valence-corrected chi connectivity index (χ3v) is 7.26. The predicted molar refractivity (Wildman–Crippen MR) is 122 cm³/mol. The quantitative estimate of drug-likeness (QED) is 0.517. The number of aryl methyl sites for hydroxylation is 1. The van der Waals surface area contributed by atoms with Gasteiger partial charge >= 0.3 is 6.18 Å². The molecule has 0 bridgehead atoms. The van der Waals surface area contributed by atoms with E-state index in [4.69, 9.17) is 0 Å². The van der Waals surface area contributed by atoms with Gasteiger partial charge in [-0.3, -0.25) is 9.69 Å². The number of allylic oxidation sites excluding steroid dienone is 1. The Kier molecular flexibility index (Phi) is 7.14. The lowest BCUT2D eigenvalue weighted by Gasteiger charge is -2.44. The van der Waals surface area contributed by atoms with Gasteiger partial charge < -0.3 is 5.32 Å². The lowest BCUT2D eigenvalue weighted by atomic mass is 9.68. The number of amides is 1. The highest BCUT2D eigenvalue weighted by Gasteiger charge is 2.44. The molecule has 6 heteroatoms. The molecule has 178 valence electrons. The SMILES string of the molecule is C=CCCC(C)(C(=O)NC(C)(C)C)C1CCN(C2CCc3cc(C(F)(F)F)ccc32)CC1. The van der Waals surface area contributed by atoms with E-state index in [9.17, 15) is 18.0 Å². The second-order valence-corrected chi connectivity index (χ2v) is 10.7. The maximum Gasteiger partial charge on any atom is 0.416 e. The minimum absolute atomic E-state index is 0.108. The number of hydrogen-bond donors (Lipinski definition) is 1. The normalized spacial score (nSPS) is 22.3. The fourth-order valence-corrected chi connectivity index (χ4v) is 5.39. The van der Waals surface area contributed by atoms with Crippen LogP contribution in [0, 0.1) is 11.3 Å². The van der Waals surface area contributed by atoms with Gasteiger partial charge in [-0.15, -0.1) is 6.58 Å². The highest BCUT2D eigenvalue weighted by Crippen LogP contribution is 2.44. The molecule has 0 radical (unpaired) electrons. The minimum atomic E-state index is -4.30. The molecule has 2 aliphatic rings. The van der Waals surface area contributed by atoms with Crippen molar-refractivity contribution in [2.75, 3.05) is 13.1 Å². The Morgan fingerprint density at radius 3 is 2.38 bits per heavy atom. The van der Waals surface area contributed by atoms with Crippen molar-refractivity contribution in [3.63, 3.8) is 0 Å². The van der Waals surface area contributed by atoms with Gasteiger partial charge in [-0.1, -0.05) is 19.1 Å². The zero-order valence-electron chi connectivity index (χ0n) is 19.8. The molecule has 0 spiro atoms. The zero-order chi connectivity index (χ0) is 23.7. The van der Waals surface area contributed by atoms with E-state index in [0.29, 0.717) is 6.42 Å². The molecule has 1 saturated heterocycles.